The molecule has 1 amide bonds. The van der Waals surface area contributed by atoms with Crippen LogP contribution in [0, 0.1) is 0 Å². The molecule has 29 heavy (non-hydrogen) atoms. The topological polar surface area (TPSA) is 78.8 Å². The number of rotatable bonds is 3. The molecule has 10 heteroatoms. The molecule has 0 aromatic carbocycles. The minimum Gasteiger partial charge on any atom is -0.368 e. The predicted molar refractivity (Wildman–Crippen MR) is 101 cm³/mol. The maximum Gasteiger partial charge on any atom is 0.410 e. The fourth-order valence-electron chi connectivity index (χ4n) is 4.15. The lowest BCUT2D eigenvalue weighted by Gasteiger charge is -2.31. The Kier molecular flexibility index (Phi) is 4.82. The average Bonchev–Trinajstić information content (AvgIpc) is 3.37. The minimum absolute atomic E-state index is 0.0732. The quantitative estimate of drug-likeness (QED) is 0.801. The number of halogens is 3. The molecular weight excluding hydrogens is 385 g/mol. The summed E-state index contributed by atoms with van der Waals surface area (Å²) >= 11 is 0. The molecule has 7 nitrogen and oxygen atoms in total. The number of fused-ring (bicyclic) bond motifs is 1. The van der Waals surface area contributed by atoms with E-state index in [2.05, 4.69) is 20.6 Å². The number of hydrogen-bond acceptors (Lipinski definition) is 4. The van der Waals surface area contributed by atoms with Crippen LogP contribution < -0.4 is 5.32 Å². The van der Waals surface area contributed by atoms with Gasteiger partial charge in [-0.3, -0.25) is 9.89 Å². The summed E-state index contributed by atoms with van der Waals surface area (Å²) in [6, 6.07) is 1.07. The normalized spacial score (nSPS) is 24.7. The first-order valence-electron chi connectivity index (χ1n) is 9.94. The van der Waals surface area contributed by atoms with Crippen molar-refractivity contribution in [3.63, 3.8) is 0 Å². The summed E-state index contributed by atoms with van der Waals surface area (Å²) in [5, 5.41) is 14.4. The van der Waals surface area contributed by atoms with Crippen LogP contribution in [-0.2, 0) is 0 Å². The monoisotopic (exact) mass is 410 g/mol. The number of nitrogens with zero attached hydrogens (tertiary/aromatic N) is 4. The van der Waals surface area contributed by atoms with Gasteiger partial charge in [-0.15, -0.1) is 0 Å². The number of carbonyl (C=O) groups is 1. The molecule has 0 bridgehead atoms. The molecule has 0 spiro atoms. The number of likely N-dealkylation sites (tertiary alicyclic amines) is 1. The number of H-pyrrole nitrogens is 1. The predicted octanol–water partition coefficient (Wildman–Crippen LogP) is 4.01. The Bertz CT molecular complexity index is 902. The standard InChI is InChI=1S/C19H25F3N6O/c1-10(2)12-8-14(25-24-12)18(29)27-6-4-5-15(27)13-9-17-23-11(3)7-16(19(20,21)22)28(17)26-13/h8-11,15-16,23H,4-7H2,1-3H3,(H,24,25)/t11-,15?,16-/m1/s1. The maximum atomic E-state index is 13.5. The summed E-state index contributed by atoms with van der Waals surface area (Å²) in [6.07, 6.45) is -3.01. The van der Waals surface area contributed by atoms with Crippen molar-refractivity contribution < 1.29 is 18.0 Å². The largest absolute Gasteiger partial charge is 0.410 e. The zero-order chi connectivity index (χ0) is 20.9. The number of alkyl halides is 3. The molecule has 3 atom stereocenters. The van der Waals surface area contributed by atoms with E-state index >= 15 is 0 Å². The van der Waals surface area contributed by atoms with Crippen LogP contribution in [0.3, 0.4) is 0 Å². The highest BCUT2D eigenvalue weighted by Crippen LogP contribution is 2.41. The van der Waals surface area contributed by atoms with E-state index in [1.807, 2.05) is 13.8 Å². The van der Waals surface area contributed by atoms with Crippen LogP contribution in [0.15, 0.2) is 12.1 Å². The smallest absolute Gasteiger partial charge is 0.368 e. The van der Waals surface area contributed by atoms with Crippen LogP contribution >= 0.6 is 0 Å². The van der Waals surface area contributed by atoms with Crippen LogP contribution in [0.5, 0.6) is 0 Å². The third kappa shape index (κ3) is 3.60. The minimum atomic E-state index is -4.37. The van der Waals surface area contributed by atoms with Gasteiger partial charge in [0.25, 0.3) is 5.91 Å². The molecule has 0 radical (unpaired) electrons. The Labute approximate surface area is 166 Å². The van der Waals surface area contributed by atoms with Gasteiger partial charge in [0, 0.05) is 24.3 Å². The van der Waals surface area contributed by atoms with Gasteiger partial charge in [0.15, 0.2) is 6.04 Å². The third-order valence-electron chi connectivity index (χ3n) is 5.69. The van der Waals surface area contributed by atoms with Gasteiger partial charge in [0.2, 0.25) is 0 Å². The van der Waals surface area contributed by atoms with E-state index in [9.17, 15) is 18.0 Å². The van der Waals surface area contributed by atoms with Gasteiger partial charge < -0.3 is 10.2 Å². The van der Waals surface area contributed by atoms with Gasteiger partial charge in [0.05, 0.1) is 11.7 Å². The van der Waals surface area contributed by atoms with E-state index in [1.165, 1.54) is 0 Å². The fraction of sp³-hybridized carbons (Fsp3) is 0.632. The van der Waals surface area contributed by atoms with Crippen LogP contribution in [0.1, 0.15) is 79.9 Å². The summed E-state index contributed by atoms with van der Waals surface area (Å²) in [7, 11) is 0. The lowest BCUT2D eigenvalue weighted by molar-refractivity contribution is -0.173. The van der Waals surface area contributed by atoms with E-state index in [0.717, 1.165) is 16.8 Å². The van der Waals surface area contributed by atoms with Crippen molar-refractivity contribution >= 4 is 11.7 Å². The number of amides is 1. The van der Waals surface area contributed by atoms with Gasteiger partial charge in [-0.25, -0.2) is 4.68 Å². The summed E-state index contributed by atoms with van der Waals surface area (Å²) in [4.78, 5) is 14.7. The van der Waals surface area contributed by atoms with Crippen LogP contribution in [0.2, 0.25) is 0 Å². The van der Waals surface area contributed by atoms with Crippen molar-refractivity contribution in [2.45, 2.75) is 70.3 Å². The molecule has 4 heterocycles. The summed E-state index contributed by atoms with van der Waals surface area (Å²) in [5.74, 6) is 0.336. The molecule has 1 unspecified atom stereocenters. The zero-order valence-electron chi connectivity index (χ0n) is 16.6. The molecule has 158 valence electrons. The number of nitrogens with one attached hydrogen (secondary N) is 2. The maximum absolute atomic E-state index is 13.5. The first-order valence-corrected chi connectivity index (χ1v) is 9.94. The Morgan fingerprint density at radius 2 is 2.07 bits per heavy atom. The van der Waals surface area contributed by atoms with Gasteiger partial charge in [-0.2, -0.15) is 23.4 Å². The second kappa shape index (κ2) is 7.07. The number of carbonyl (C=O) groups excluding carboxylic acids is 1. The lowest BCUT2D eigenvalue weighted by atomic mass is 10.1. The number of aromatic amines is 1. The Morgan fingerprint density at radius 3 is 2.72 bits per heavy atom. The Morgan fingerprint density at radius 1 is 1.31 bits per heavy atom. The molecule has 0 aliphatic carbocycles. The molecule has 4 rings (SSSR count). The van der Waals surface area contributed by atoms with Crippen molar-refractivity contribution in [1.29, 1.82) is 0 Å². The van der Waals surface area contributed by atoms with Gasteiger partial charge in [0.1, 0.15) is 11.5 Å². The molecule has 1 saturated heterocycles. The molecule has 2 N–H and O–H groups in total. The summed E-state index contributed by atoms with van der Waals surface area (Å²) in [6.45, 7) is 6.26. The number of hydrogen-bond donors (Lipinski definition) is 2. The molecule has 1 fully saturated rings. The zero-order valence-corrected chi connectivity index (χ0v) is 16.6. The summed E-state index contributed by atoms with van der Waals surface area (Å²) in [5.41, 5.74) is 1.68. The number of anilines is 1. The van der Waals surface area contributed by atoms with Crippen molar-refractivity contribution in [3.8, 4) is 0 Å². The highest BCUT2D eigenvalue weighted by Gasteiger charge is 2.46. The van der Waals surface area contributed by atoms with E-state index < -0.39 is 12.2 Å². The van der Waals surface area contributed by atoms with E-state index in [0.29, 0.717) is 30.2 Å². The summed E-state index contributed by atoms with van der Waals surface area (Å²) < 4.78 is 41.6. The first kappa shape index (κ1) is 19.8. The fourth-order valence-corrected chi connectivity index (χ4v) is 4.15. The second-order valence-corrected chi connectivity index (χ2v) is 8.26. The number of aromatic nitrogens is 4. The van der Waals surface area contributed by atoms with Crippen molar-refractivity contribution in [3.05, 3.63) is 29.2 Å². The Hall–Kier alpha value is -2.52. The third-order valence-corrected chi connectivity index (χ3v) is 5.69. The molecule has 2 aliphatic heterocycles. The van der Waals surface area contributed by atoms with Crippen LogP contribution in [0.25, 0.3) is 0 Å². The highest BCUT2D eigenvalue weighted by atomic mass is 19.4. The first-order chi connectivity index (χ1) is 13.6. The molecule has 0 saturated carbocycles. The van der Waals surface area contributed by atoms with Crippen LogP contribution in [0.4, 0.5) is 19.0 Å². The lowest BCUT2D eigenvalue weighted by Crippen LogP contribution is -2.38. The van der Waals surface area contributed by atoms with E-state index in [-0.39, 0.29) is 30.3 Å². The highest BCUT2D eigenvalue weighted by molar-refractivity contribution is 5.92. The van der Waals surface area contributed by atoms with Gasteiger partial charge in [-0.05, 0) is 38.2 Å². The van der Waals surface area contributed by atoms with E-state index in [1.54, 1.807) is 24.0 Å². The second-order valence-electron chi connectivity index (χ2n) is 8.26. The van der Waals surface area contributed by atoms with Crippen molar-refractivity contribution in [2.24, 2.45) is 0 Å². The molecule has 2 aliphatic rings. The molecule has 2 aromatic rings. The van der Waals surface area contributed by atoms with Crippen molar-refractivity contribution in [2.75, 3.05) is 11.9 Å². The van der Waals surface area contributed by atoms with Gasteiger partial charge in [-0.1, -0.05) is 13.8 Å². The van der Waals surface area contributed by atoms with Crippen molar-refractivity contribution in [1.82, 2.24) is 24.9 Å². The van der Waals surface area contributed by atoms with Crippen LogP contribution in [-0.4, -0.2) is 49.5 Å². The molecular formula is C19H25F3N6O. The van der Waals surface area contributed by atoms with Gasteiger partial charge >= 0.3 is 6.18 Å². The Balaban J connectivity index is 1.62. The SMILES string of the molecule is CC(C)c1cc(C(=O)N2CCCC2c2cc3n(n2)[C@@H](C(F)(F)F)C[C@@H](C)N3)n[nH]1. The molecule has 2 aromatic heterocycles. The average molecular weight is 410 g/mol. The van der Waals surface area contributed by atoms with E-state index in [4.69, 9.17) is 0 Å².